The lowest BCUT2D eigenvalue weighted by molar-refractivity contribution is -0.138. The molecule has 0 radical (unpaired) electrons. The number of carbonyl (C=O) groups is 1. The van der Waals surface area contributed by atoms with Gasteiger partial charge in [-0.25, -0.2) is 0 Å². The van der Waals surface area contributed by atoms with Crippen molar-refractivity contribution in [2.75, 3.05) is 0 Å². The van der Waals surface area contributed by atoms with Gasteiger partial charge in [0, 0.05) is 10.1 Å². The number of carboxylic acids is 1. The van der Waals surface area contributed by atoms with E-state index in [4.69, 9.17) is 22.4 Å². The quantitative estimate of drug-likeness (QED) is 0.871. The van der Waals surface area contributed by atoms with E-state index in [0.717, 1.165) is 4.90 Å². The summed E-state index contributed by atoms with van der Waals surface area (Å²) in [5.41, 5.74) is 6.04. The number of rotatable bonds is 4. The van der Waals surface area contributed by atoms with E-state index in [-0.39, 0.29) is 0 Å². The summed E-state index contributed by atoms with van der Waals surface area (Å²) >= 11 is 7.83. The van der Waals surface area contributed by atoms with Crippen LogP contribution in [0.3, 0.4) is 0 Å². The Hall–Kier alpha value is -0.710. The van der Waals surface area contributed by atoms with Crippen LogP contribution in [-0.2, 0) is 4.79 Å². The molecule has 16 heavy (non-hydrogen) atoms. The molecule has 0 heterocycles. The van der Waals surface area contributed by atoms with Crippen molar-refractivity contribution in [3.05, 3.63) is 28.8 Å². The molecule has 1 atom stereocenters. The summed E-state index contributed by atoms with van der Waals surface area (Å²) < 4.78 is 0. The van der Waals surface area contributed by atoms with Crippen LogP contribution in [0.25, 0.3) is 0 Å². The fraction of sp³-hybridized carbons (Fsp3) is 0.364. The van der Waals surface area contributed by atoms with Crippen molar-refractivity contribution in [1.29, 1.82) is 0 Å². The minimum absolute atomic E-state index is 0.539. The minimum atomic E-state index is -1.04. The van der Waals surface area contributed by atoms with Crippen LogP contribution in [-0.4, -0.2) is 16.3 Å². The second-order valence-electron chi connectivity index (χ2n) is 3.82. The topological polar surface area (TPSA) is 63.3 Å². The number of benzene rings is 1. The number of aliphatic carboxylic acids is 1. The number of hydrogen-bond donors (Lipinski definition) is 2. The van der Waals surface area contributed by atoms with Crippen LogP contribution >= 0.6 is 23.4 Å². The van der Waals surface area contributed by atoms with E-state index in [0.29, 0.717) is 15.8 Å². The molecule has 1 aliphatic rings. The van der Waals surface area contributed by atoms with Gasteiger partial charge < -0.3 is 10.8 Å². The zero-order valence-corrected chi connectivity index (χ0v) is 10.1. The van der Waals surface area contributed by atoms with Crippen LogP contribution in [0.2, 0.25) is 5.02 Å². The molecular weight excluding hydrogens is 246 g/mol. The Morgan fingerprint density at radius 2 is 2.25 bits per heavy atom. The highest BCUT2D eigenvalue weighted by Crippen LogP contribution is 2.42. The molecule has 3 nitrogen and oxygen atoms in total. The van der Waals surface area contributed by atoms with Crippen LogP contribution < -0.4 is 5.73 Å². The summed E-state index contributed by atoms with van der Waals surface area (Å²) in [6, 6.07) is 4.22. The first-order chi connectivity index (χ1) is 7.58. The van der Waals surface area contributed by atoms with Gasteiger partial charge in [-0.2, -0.15) is 0 Å². The van der Waals surface area contributed by atoms with E-state index in [1.54, 1.807) is 23.9 Å². The van der Waals surface area contributed by atoms with Crippen LogP contribution in [0.5, 0.6) is 0 Å². The lowest BCUT2D eigenvalue weighted by atomic mass is 10.1. The van der Waals surface area contributed by atoms with Crippen molar-refractivity contribution >= 4 is 29.3 Å². The highest BCUT2D eigenvalue weighted by molar-refractivity contribution is 8.00. The summed E-state index contributed by atoms with van der Waals surface area (Å²) in [7, 11) is 0. The van der Waals surface area contributed by atoms with Gasteiger partial charge in [-0.3, -0.25) is 4.79 Å². The van der Waals surface area contributed by atoms with E-state index in [1.165, 1.54) is 12.8 Å². The van der Waals surface area contributed by atoms with Crippen molar-refractivity contribution in [1.82, 2.24) is 0 Å². The summed E-state index contributed by atoms with van der Waals surface area (Å²) in [6.07, 6.45) is 2.47. The summed E-state index contributed by atoms with van der Waals surface area (Å²) in [4.78, 5) is 11.7. The highest BCUT2D eigenvalue weighted by Gasteiger charge is 2.24. The fourth-order valence-electron chi connectivity index (χ4n) is 1.31. The summed E-state index contributed by atoms with van der Waals surface area (Å²) in [6.45, 7) is 0. The summed E-state index contributed by atoms with van der Waals surface area (Å²) in [5.74, 6) is -1.04. The third kappa shape index (κ3) is 2.70. The molecule has 0 spiro atoms. The predicted octanol–water partition coefficient (Wildman–Crippen LogP) is 2.68. The zero-order valence-electron chi connectivity index (χ0n) is 8.52. The fourth-order valence-corrected chi connectivity index (χ4v) is 2.69. The van der Waals surface area contributed by atoms with E-state index < -0.39 is 12.0 Å². The van der Waals surface area contributed by atoms with Crippen LogP contribution in [0.15, 0.2) is 23.1 Å². The number of nitrogens with two attached hydrogens (primary N) is 1. The van der Waals surface area contributed by atoms with Gasteiger partial charge >= 0.3 is 5.97 Å². The van der Waals surface area contributed by atoms with Gasteiger partial charge in [-0.1, -0.05) is 17.7 Å². The van der Waals surface area contributed by atoms with Gasteiger partial charge in [0.1, 0.15) is 6.04 Å². The Morgan fingerprint density at radius 3 is 2.75 bits per heavy atom. The van der Waals surface area contributed by atoms with Crippen LogP contribution in [0, 0.1) is 0 Å². The lowest BCUT2D eigenvalue weighted by Crippen LogP contribution is -2.20. The van der Waals surface area contributed by atoms with Crippen LogP contribution in [0.1, 0.15) is 24.4 Å². The molecule has 1 aromatic carbocycles. The third-order valence-corrected chi connectivity index (χ3v) is 4.24. The van der Waals surface area contributed by atoms with Gasteiger partial charge in [-0.05, 0) is 30.5 Å². The number of halogens is 1. The predicted molar refractivity (Wildman–Crippen MR) is 64.9 cm³/mol. The zero-order chi connectivity index (χ0) is 11.7. The largest absolute Gasteiger partial charge is 0.480 e. The van der Waals surface area contributed by atoms with Gasteiger partial charge in [-0.15, -0.1) is 11.8 Å². The molecule has 0 aliphatic heterocycles. The average Bonchev–Trinajstić information content (AvgIpc) is 3.03. The molecule has 0 amide bonds. The molecule has 5 heteroatoms. The lowest BCUT2D eigenvalue weighted by Gasteiger charge is -2.09. The SMILES string of the molecule is NC(C(=O)O)c1ccc(SC2CC2)c(Cl)c1. The van der Waals surface area contributed by atoms with E-state index >= 15 is 0 Å². The van der Waals surface area contributed by atoms with Crippen molar-refractivity contribution in [3.63, 3.8) is 0 Å². The Morgan fingerprint density at radius 1 is 1.56 bits per heavy atom. The number of carboxylic acid groups (broad SMARTS) is 1. The van der Waals surface area contributed by atoms with Gasteiger partial charge in [0.15, 0.2) is 0 Å². The molecule has 1 aromatic rings. The van der Waals surface area contributed by atoms with E-state index in [9.17, 15) is 4.79 Å². The van der Waals surface area contributed by atoms with E-state index in [2.05, 4.69) is 0 Å². The maximum atomic E-state index is 10.7. The van der Waals surface area contributed by atoms with Gasteiger partial charge in [0.25, 0.3) is 0 Å². The van der Waals surface area contributed by atoms with Crippen molar-refractivity contribution in [2.24, 2.45) is 5.73 Å². The Balaban J connectivity index is 2.17. The monoisotopic (exact) mass is 257 g/mol. The number of thioether (sulfide) groups is 1. The Labute approximate surface area is 103 Å². The van der Waals surface area contributed by atoms with Crippen molar-refractivity contribution in [2.45, 2.75) is 29.0 Å². The molecule has 2 rings (SSSR count). The number of hydrogen-bond acceptors (Lipinski definition) is 3. The molecule has 0 bridgehead atoms. The standard InChI is InChI=1S/C11H12ClNO2S/c12-8-5-6(10(13)11(14)15)1-4-9(8)16-7-2-3-7/h1,4-5,7,10H,2-3,13H2,(H,14,15). The summed E-state index contributed by atoms with van der Waals surface area (Å²) in [5, 5.41) is 10.0. The molecule has 1 aliphatic carbocycles. The molecule has 1 saturated carbocycles. The second-order valence-corrected chi connectivity index (χ2v) is 5.57. The first kappa shape index (κ1) is 11.8. The first-order valence-electron chi connectivity index (χ1n) is 5.02. The van der Waals surface area contributed by atoms with Crippen molar-refractivity contribution in [3.8, 4) is 0 Å². The molecular formula is C11H12ClNO2S. The minimum Gasteiger partial charge on any atom is -0.480 e. The third-order valence-electron chi connectivity index (χ3n) is 2.40. The first-order valence-corrected chi connectivity index (χ1v) is 6.28. The Kier molecular flexibility index (Phi) is 3.42. The molecule has 1 fully saturated rings. The molecule has 86 valence electrons. The van der Waals surface area contributed by atoms with Gasteiger partial charge in [0.2, 0.25) is 0 Å². The molecule has 1 unspecified atom stereocenters. The van der Waals surface area contributed by atoms with Crippen LogP contribution in [0.4, 0.5) is 0 Å². The van der Waals surface area contributed by atoms with E-state index in [1.807, 2.05) is 6.07 Å². The smallest absolute Gasteiger partial charge is 0.325 e. The maximum absolute atomic E-state index is 10.7. The Bertz CT molecular complexity index is 420. The average molecular weight is 258 g/mol. The molecule has 3 N–H and O–H groups in total. The molecule has 0 saturated heterocycles. The normalized spacial score (nSPS) is 17.1. The van der Waals surface area contributed by atoms with Gasteiger partial charge in [0.05, 0.1) is 5.02 Å². The van der Waals surface area contributed by atoms with Crippen molar-refractivity contribution < 1.29 is 9.90 Å². The second kappa shape index (κ2) is 4.65. The molecule has 0 aromatic heterocycles. The maximum Gasteiger partial charge on any atom is 0.325 e. The highest BCUT2D eigenvalue weighted by atomic mass is 35.5.